The maximum atomic E-state index is 13.6. The smallest absolute Gasteiger partial charge is 0.341 e. The van der Waals surface area contributed by atoms with E-state index < -0.39 is 23.2 Å². The molecule has 1 aromatic carbocycles. The minimum absolute atomic E-state index is 0.245. The van der Waals surface area contributed by atoms with Gasteiger partial charge in [0.25, 0.3) is 0 Å². The molecule has 0 aliphatic carbocycles. The van der Waals surface area contributed by atoms with Gasteiger partial charge in [-0.05, 0) is 32.4 Å². The van der Waals surface area contributed by atoms with E-state index in [1.165, 1.54) is 12.1 Å². The predicted molar refractivity (Wildman–Crippen MR) is 63.8 cm³/mol. The number of hydrogen-bond acceptors (Lipinski definition) is 2. The third-order valence-corrected chi connectivity index (χ3v) is 2.16. The van der Waals surface area contributed by atoms with Gasteiger partial charge < -0.3 is 4.74 Å². The predicted octanol–water partition coefficient (Wildman–Crippen LogP) is 2.05. The Morgan fingerprint density at radius 1 is 1.29 bits per heavy atom. The molecule has 0 unspecified atom stereocenters. The van der Waals surface area contributed by atoms with Crippen molar-refractivity contribution in [2.24, 2.45) is 0 Å². The van der Waals surface area contributed by atoms with Crippen LogP contribution >= 0.6 is 0 Å². The quantitative estimate of drug-likeness (QED) is 0.584. The fourth-order valence-electron chi connectivity index (χ4n) is 1.35. The molecule has 0 aromatic heterocycles. The Morgan fingerprint density at radius 3 is 2.35 bits per heavy atom. The summed E-state index contributed by atoms with van der Waals surface area (Å²) in [4.78, 5) is 11.6. The zero-order chi connectivity index (χ0) is 13.2. The zero-order valence-electron chi connectivity index (χ0n) is 10.4. The average Bonchev–Trinajstić information content (AvgIpc) is 2.19. The summed E-state index contributed by atoms with van der Waals surface area (Å²) >= 11 is 0. The Morgan fingerprint density at radius 2 is 1.88 bits per heavy atom. The summed E-state index contributed by atoms with van der Waals surface area (Å²) < 4.78 is 32.1. The van der Waals surface area contributed by atoms with Crippen LogP contribution in [-0.2, 0) is 11.1 Å². The number of rotatable bonds is 2. The topological polar surface area (TPSA) is 26.3 Å². The lowest BCUT2D eigenvalue weighted by atomic mass is 9.95. The van der Waals surface area contributed by atoms with Crippen LogP contribution in [0.2, 0.25) is 0 Å². The third kappa shape index (κ3) is 3.28. The van der Waals surface area contributed by atoms with Gasteiger partial charge in [0.15, 0.2) is 11.6 Å². The normalized spacial score (nSPS) is 11.4. The number of benzene rings is 1. The van der Waals surface area contributed by atoms with Crippen LogP contribution in [0.25, 0.3) is 0 Å². The molecular weight excluding hydrogens is 225 g/mol. The van der Waals surface area contributed by atoms with E-state index in [0.717, 1.165) is 0 Å². The van der Waals surface area contributed by atoms with Crippen LogP contribution < -0.4 is 0 Å². The van der Waals surface area contributed by atoms with E-state index >= 15 is 0 Å². The Kier molecular flexibility index (Phi) is 3.91. The van der Waals surface area contributed by atoms with Crippen molar-refractivity contribution < 1.29 is 18.3 Å². The molecule has 2 nitrogen and oxygen atoms in total. The maximum Gasteiger partial charge on any atom is 0.341 e. The number of carbonyl (C=O) groups excluding carboxylic acids is 1. The molecule has 0 aliphatic heterocycles. The maximum absolute atomic E-state index is 13.6. The van der Waals surface area contributed by atoms with Crippen LogP contribution in [0.15, 0.2) is 12.1 Å². The van der Waals surface area contributed by atoms with E-state index in [2.05, 4.69) is 0 Å². The minimum Gasteiger partial charge on any atom is -0.456 e. The van der Waals surface area contributed by atoms with Gasteiger partial charge in [0.2, 0.25) is 0 Å². The molecular formula is C12H15BF2O2. The average molecular weight is 240 g/mol. The van der Waals surface area contributed by atoms with E-state index in [1.807, 2.05) is 0 Å². The Labute approximate surface area is 100 Å². The fourth-order valence-corrected chi connectivity index (χ4v) is 1.35. The summed E-state index contributed by atoms with van der Waals surface area (Å²) in [6.07, 6.45) is 0.372. The summed E-state index contributed by atoms with van der Waals surface area (Å²) in [5.41, 5.74) is -0.854. The molecule has 17 heavy (non-hydrogen) atoms. The van der Waals surface area contributed by atoms with Gasteiger partial charge in [0.1, 0.15) is 13.4 Å². The van der Waals surface area contributed by atoms with E-state index in [0.29, 0.717) is 6.32 Å². The second kappa shape index (κ2) is 4.86. The van der Waals surface area contributed by atoms with Crippen molar-refractivity contribution in [3.8, 4) is 0 Å². The third-order valence-electron chi connectivity index (χ3n) is 2.16. The molecule has 0 saturated heterocycles. The molecule has 0 amide bonds. The number of esters is 1. The van der Waals surface area contributed by atoms with Gasteiger partial charge in [0.05, 0.1) is 5.56 Å². The standard InChI is InChI=1S/C12H15BF2O2/c1-12(2,3)17-11(16)8-5-4-7(6-13)9(14)10(8)15/h4-5H,6,13H2,1-3H3. The summed E-state index contributed by atoms with van der Waals surface area (Å²) in [5.74, 6) is -2.97. The van der Waals surface area contributed by atoms with Gasteiger partial charge in [-0.2, -0.15) is 0 Å². The number of carbonyl (C=O) groups is 1. The van der Waals surface area contributed by atoms with Crippen molar-refractivity contribution in [1.29, 1.82) is 0 Å². The summed E-state index contributed by atoms with van der Waals surface area (Å²) in [6.45, 7) is 5.00. The lowest BCUT2D eigenvalue weighted by Gasteiger charge is -2.19. The fraction of sp³-hybridized carbons (Fsp3) is 0.417. The first-order valence-electron chi connectivity index (χ1n) is 5.46. The Bertz CT molecular complexity index is 439. The Hall–Kier alpha value is -1.39. The van der Waals surface area contributed by atoms with Crippen molar-refractivity contribution in [2.75, 3.05) is 0 Å². The number of ether oxygens (including phenoxy) is 1. The molecule has 0 atom stereocenters. The molecule has 0 spiro atoms. The van der Waals surface area contributed by atoms with Crippen LogP contribution in [0.3, 0.4) is 0 Å². The van der Waals surface area contributed by atoms with Gasteiger partial charge in [-0.1, -0.05) is 12.4 Å². The molecule has 1 rings (SSSR count). The first kappa shape index (κ1) is 13.7. The monoisotopic (exact) mass is 240 g/mol. The van der Waals surface area contributed by atoms with Gasteiger partial charge in [0, 0.05) is 0 Å². The van der Waals surface area contributed by atoms with Gasteiger partial charge in [-0.15, -0.1) is 0 Å². The van der Waals surface area contributed by atoms with Gasteiger partial charge in [-0.25, -0.2) is 13.6 Å². The van der Waals surface area contributed by atoms with Crippen LogP contribution in [-0.4, -0.2) is 19.4 Å². The number of hydrogen-bond donors (Lipinski definition) is 0. The lowest BCUT2D eigenvalue weighted by molar-refractivity contribution is 0.00636. The van der Waals surface area contributed by atoms with Crippen LogP contribution in [0.4, 0.5) is 8.78 Å². The molecule has 0 heterocycles. The van der Waals surface area contributed by atoms with Crippen molar-refractivity contribution in [3.05, 3.63) is 34.9 Å². The molecule has 0 radical (unpaired) electrons. The molecule has 0 bridgehead atoms. The summed E-state index contributed by atoms with van der Waals surface area (Å²) in [6, 6.07) is 2.66. The van der Waals surface area contributed by atoms with Crippen molar-refractivity contribution in [3.63, 3.8) is 0 Å². The molecule has 0 fully saturated rings. The van der Waals surface area contributed by atoms with E-state index in [9.17, 15) is 13.6 Å². The van der Waals surface area contributed by atoms with E-state index in [-0.39, 0.29) is 11.1 Å². The first-order valence-corrected chi connectivity index (χ1v) is 5.46. The van der Waals surface area contributed by atoms with Crippen LogP contribution in [0, 0.1) is 11.6 Å². The van der Waals surface area contributed by atoms with Gasteiger partial charge in [-0.3, -0.25) is 0 Å². The van der Waals surface area contributed by atoms with Crippen molar-refractivity contribution in [2.45, 2.75) is 32.7 Å². The highest BCUT2D eigenvalue weighted by molar-refractivity contribution is 6.08. The molecule has 0 aliphatic rings. The number of halogens is 2. The van der Waals surface area contributed by atoms with Crippen LogP contribution in [0.1, 0.15) is 36.7 Å². The second-order valence-corrected chi connectivity index (χ2v) is 4.76. The van der Waals surface area contributed by atoms with Gasteiger partial charge >= 0.3 is 5.97 Å². The highest BCUT2D eigenvalue weighted by Crippen LogP contribution is 2.19. The molecule has 5 heteroatoms. The van der Waals surface area contributed by atoms with E-state index in [4.69, 9.17) is 4.74 Å². The second-order valence-electron chi connectivity index (χ2n) is 4.76. The van der Waals surface area contributed by atoms with Crippen molar-refractivity contribution in [1.82, 2.24) is 0 Å². The molecule has 92 valence electrons. The highest BCUT2D eigenvalue weighted by Gasteiger charge is 2.23. The zero-order valence-corrected chi connectivity index (χ0v) is 10.4. The first-order chi connectivity index (χ1) is 7.76. The molecule has 1 aromatic rings. The summed E-state index contributed by atoms with van der Waals surface area (Å²) in [7, 11) is 1.71. The molecule has 0 N–H and O–H groups in total. The lowest BCUT2D eigenvalue weighted by Crippen LogP contribution is -2.24. The van der Waals surface area contributed by atoms with Crippen LogP contribution in [0.5, 0.6) is 0 Å². The summed E-state index contributed by atoms with van der Waals surface area (Å²) in [5, 5.41) is 0. The van der Waals surface area contributed by atoms with Crippen molar-refractivity contribution >= 4 is 13.8 Å². The molecule has 0 saturated carbocycles. The largest absolute Gasteiger partial charge is 0.456 e. The minimum atomic E-state index is -1.14. The highest BCUT2D eigenvalue weighted by atomic mass is 19.2. The van der Waals surface area contributed by atoms with E-state index in [1.54, 1.807) is 28.6 Å². The Balaban J connectivity index is 3.08. The SMILES string of the molecule is BCc1ccc(C(=O)OC(C)(C)C)c(F)c1F.